The minimum atomic E-state index is -0.357. The summed E-state index contributed by atoms with van der Waals surface area (Å²) in [6, 6.07) is 7.87. The fourth-order valence-corrected chi connectivity index (χ4v) is 3.00. The summed E-state index contributed by atoms with van der Waals surface area (Å²) in [7, 11) is 0. The van der Waals surface area contributed by atoms with E-state index in [-0.39, 0.29) is 18.1 Å². The van der Waals surface area contributed by atoms with Gasteiger partial charge in [0.05, 0.1) is 12.7 Å². The number of carbonyl (C=O) groups is 1. The highest BCUT2D eigenvalue weighted by molar-refractivity contribution is 5.82. The Bertz CT molecular complexity index is 473. The fraction of sp³-hybridized carbons (Fsp3) is 0.562. The number of hydrogen-bond donors (Lipinski definition) is 1. The van der Waals surface area contributed by atoms with Crippen molar-refractivity contribution in [1.29, 1.82) is 0 Å². The molecule has 21 heavy (non-hydrogen) atoms. The van der Waals surface area contributed by atoms with E-state index in [0.717, 1.165) is 37.2 Å². The molecule has 1 atom stereocenters. The second-order valence-corrected chi connectivity index (χ2v) is 5.60. The van der Waals surface area contributed by atoms with Gasteiger partial charge in [-0.15, -0.1) is 0 Å². The molecule has 2 heterocycles. The Labute approximate surface area is 125 Å². The SMILES string of the molecule is NCCOC1CCN(C(=O)C2Cc3ccccc3O2)CC1. The van der Waals surface area contributed by atoms with Gasteiger partial charge >= 0.3 is 0 Å². The predicted octanol–water partition coefficient (Wildman–Crippen LogP) is 0.956. The Kier molecular flexibility index (Phi) is 4.41. The molecule has 2 N–H and O–H groups in total. The Morgan fingerprint density at radius 2 is 2.10 bits per heavy atom. The average Bonchev–Trinajstić information content (AvgIpc) is 2.96. The molecule has 2 aliphatic rings. The smallest absolute Gasteiger partial charge is 0.263 e. The minimum absolute atomic E-state index is 0.100. The van der Waals surface area contributed by atoms with Gasteiger partial charge in [0.25, 0.3) is 5.91 Å². The second-order valence-electron chi connectivity index (χ2n) is 5.60. The lowest BCUT2D eigenvalue weighted by atomic mass is 10.1. The molecule has 1 amide bonds. The quantitative estimate of drug-likeness (QED) is 0.897. The Morgan fingerprint density at radius 1 is 1.33 bits per heavy atom. The largest absolute Gasteiger partial charge is 0.480 e. The first-order valence-corrected chi connectivity index (χ1v) is 7.63. The van der Waals surface area contributed by atoms with E-state index < -0.39 is 0 Å². The predicted molar refractivity (Wildman–Crippen MR) is 79.2 cm³/mol. The summed E-state index contributed by atoms with van der Waals surface area (Å²) in [5.74, 6) is 0.945. The normalized spacial score (nSPS) is 22.0. The van der Waals surface area contributed by atoms with Gasteiger partial charge in [-0.1, -0.05) is 18.2 Å². The van der Waals surface area contributed by atoms with Crippen LogP contribution in [0.2, 0.25) is 0 Å². The van der Waals surface area contributed by atoms with E-state index in [1.54, 1.807) is 0 Å². The number of rotatable bonds is 4. The summed E-state index contributed by atoms with van der Waals surface area (Å²) in [6.07, 6.45) is 2.32. The number of hydrogen-bond acceptors (Lipinski definition) is 4. The first kappa shape index (κ1) is 14.4. The van der Waals surface area contributed by atoms with Crippen molar-refractivity contribution in [1.82, 2.24) is 4.90 Å². The summed E-state index contributed by atoms with van der Waals surface area (Å²) in [6.45, 7) is 2.63. The molecule has 1 aromatic carbocycles. The van der Waals surface area contributed by atoms with Crippen LogP contribution in [-0.4, -0.2) is 49.3 Å². The van der Waals surface area contributed by atoms with E-state index >= 15 is 0 Å². The van der Waals surface area contributed by atoms with Gasteiger partial charge in [0.2, 0.25) is 0 Å². The van der Waals surface area contributed by atoms with Crippen molar-refractivity contribution in [2.75, 3.05) is 26.2 Å². The zero-order valence-electron chi connectivity index (χ0n) is 12.2. The lowest BCUT2D eigenvalue weighted by molar-refractivity contribution is -0.140. The van der Waals surface area contributed by atoms with Crippen LogP contribution in [0.25, 0.3) is 0 Å². The van der Waals surface area contributed by atoms with E-state index in [4.69, 9.17) is 15.2 Å². The summed E-state index contributed by atoms with van der Waals surface area (Å²) < 4.78 is 11.4. The Hall–Kier alpha value is -1.59. The molecular weight excluding hydrogens is 268 g/mol. The molecule has 0 spiro atoms. The lowest BCUT2D eigenvalue weighted by Gasteiger charge is -2.33. The highest BCUT2D eigenvalue weighted by Crippen LogP contribution is 2.29. The molecule has 0 radical (unpaired) electrons. The van der Waals surface area contributed by atoms with Gasteiger partial charge in [-0.2, -0.15) is 0 Å². The Balaban J connectivity index is 1.52. The zero-order chi connectivity index (χ0) is 14.7. The fourth-order valence-electron chi connectivity index (χ4n) is 3.00. The first-order chi connectivity index (χ1) is 10.3. The lowest BCUT2D eigenvalue weighted by Crippen LogP contribution is -2.46. The molecule has 1 saturated heterocycles. The van der Waals surface area contributed by atoms with Gasteiger partial charge in [0.15, 0.2) is 6.10 Å². The van der Waals surface area contributed by atoms with Gasteiger partial charge in [-0.25, -0.2) is 0 Å². The van der Waals surface area contributed by atoms with E-state index in [9.17, 15) is 4.79 Å². The third-order valence-electron chi connectivity index (χ3n) is 4.15. The maximum atomic E-state index is 12.5. The molecule has 0 saturated carbocycles. The number of benzene rings is 1. The van der Waals surface area contributed by atoms with Crippen LogP contribution in [0.4, 0.5) is 0 Å². The number of nitrogens with two attached hydrogens (primary N) is 1. The monoisotopic (exact) mass is 290 g/mol. The van der Waals surface area contributed by atoms with Crippen LogP contribution in [0.3, 0.4) is 0 Å². The third kappa shape index (κ3) is 3.19. The van der Waals surface area contributed by atoms with Crippen LogP contribution < -0.4 is 10.5 Å². The standard InChI is InChI=1S/C16H22N2O3/c17-7-10-20-13-5-8-18(9-6-13)16(19)15-11-12-3-1-2-4-14(12)21-15/h1-4,13,15H,5-11,17H2. The van der Waals surface area contributed by atoms with Gasteiger partial charge in [0.1, 0.15) is 5.75 Å². The average molecular weight is 290 g/mol. The minimum Gasteiger partial charge on any atom is -0.480 e. The first-order valence-electron chi connectivity index (χ1n) is 7.63. The van der Waals surface area contributed by atoms with Gasteiger partial charge < -0.3 is 20.1 Å². The molecule has 1 unspecified atom stereocenters. The molecule has 2 aliphatic heterocycles. The third-order valence-corrected chi connectivity index (χ3v) is 4.15. The van der Waals surface area contributed by atoms with Crippen molar-refractivity contribution < 1.29 is 14.3 Å². The van der Waals surface area contributed by atoms with Crippen molar-refractivity contribution in [3.8, 4) is 5.75 Å². The second kappa shape index (κ2) is 6.45. The number of nitrogens with zero attached hydrogens (tertiary/aromatic N) is 1. The highest BCUT2D eigenvalue weighted by atomic mass is 16.5. The number of piperidine rings is 1. The van der Waals surface area contributed by atoms with Crippen LogP contribution in [0.15, 0.2) is 24.3 Å². The zero-order valence-corrected chi connectivity index (χ0v) is 12.2. The number of para-hydroxylation sites is 1. The van der Waals surface area contributed by atoms with Crippen molar-refractivity contribution in [3.63, 3.8) is 0 Å². The molecule has 3 rings (SSSR count). The summed E-state index contributed by atoms with van der Waals surface area (Å²) in [5.41, 5.74) is 6.56. The molecular formula is C16H22N2O3. The van der Waals surface area contributed by atoms with E-state index in [0.29, 0.717) is 19.6 Å². The summed E-state index contributed by atoms with van der Waals surface area (Å²) in [5, 5.41) is 0. The van der Waals surface area contributed by atoms with Gasteiger partial charge in [-0.05, 0) is 24.5 Å². The van der Waals surface area contributed by atoms with Gasteiger partial charge in [0, 0.05) is 26.1 Å². The van der Waals surface area contributed by atoms with E-state index in [2.05, 4.69) is 0 Å². The van der Waals surface area contributed by atoms with Crippen molar-refractivity contribution in [3.05, 3.63) is 29.8 Å². The number of amides is 1. The van der Waals surface area contributed by atoms with Crippen molar-refractivity contribution in [2.45, 2.75) is 31.5 Å². The number of likely N-dealkylation sites (tertiary alicyclic amines) is 1. The topological polar surface area (TPSA) is 64.8 Å². The highest BCUT2D eigenvalue weighted by Gasteiger charge is 2.33. The Morgan fingerprint density at radius 3 is 2.81 bits per heavy atom. The van der Waals surface area contributed by atoms with Crippen molar-refractivity contribution in [2.24, 2.45) is 5.73 Å². The maximum Gasteiger partial charge on any atom is 0.263 e. The summed E-state index contributed by atoms with van der Waals surface area (Å²) in [4.78, 5) is 14.4. The maximum absolute atomic E-state index is 12.5. The van der Waals surface area contributed by atoms with Crippen LogP contribution in [-0.2, 0) is 16.0 Å². The molecule has 0 aromatic heterocycles. The molecule has 0 aliphatic carbocycles. The van der Waals surface area contributed by atoms with E-state index in [1.807, 2.05) is 29.2 Å². The molecule has 114 valence electrons. The van der Waals surface area contributed by atoms with Crippen LogP contribution >= 0.6 is 0 Å². The molecule has 1 aromatic rings. The van der Waals surface area contributed by atoms with Crippen molar-refractivity contribution >= 4 is 5.91 Å². The molecule has 0 bridgehead atoms. The van der Waals surface area contributed by atoms with Crippen LogP contribution in [0.5, 0.6) is 5.75 Å². The molecule has 5 nitrogen and oxygen atoms in total. The number of carbonyl (C=O) groups excluding carboxylic acids is 1. The molecule has 5 heteroatoms. The van der Waals surface area contributed by atoms with Crippen LogP contribution in [0.1, 0.15) is 18.4 Å². The number of fused-ring (bicyclic) bond motifs is 1. The number of ether oxygens (including phenoxy) is 2. The van der Waals surface area contributed by atoms with E-state index in [1.165, 1.54) is 0 Å². The van der Waals surface area contributed by atoms with Gasteiger partial charge in [-0.3, -0.25) is 4.79 Å². The molecule has 1 fully saturated rings. The van der Waals surface area contributed by atoms with Crippen LogP contribution in [0, 0.1) is 0 Å². The summed E-state index contributed by atoms with van der Waals surface area (Å²) >= 11 is 0.